The van der Waals surface area contributed by atoms with Crippen molar-refractivity contribution in [3.05, 3.63) is 34.4 Å². The zero-order valence-corrected chi connectivity index (χ0v) is 13.6. The van der Waals surface area contributed by atoms with Gasteiger partial charge in [0.05, 0.1) is 11.0 Å². The van der Waals surface area contributed by atoms with Crippen LogP contribution in [0.15, 0.2) is 24.3 Å². The molecular weight excluding hydrogens is 326 g/mol. The lowest BCUT2D eigenvalue weighted by Crippen LogP contribution is -2.47. The topological polar surface area (TPSA) is 122 Å². The first-order valence-corrected chi connectivity index (χ1v) is 6.89. The Hall–Kier alpha value is -2.19. The summed E-state index contributed by atoms with van der Waals surface area (Å²) in [4.78, 5) is 33.1. The molecule has 0 fully saturated rings. The van der Waals surface area contributed by atoms with E-state index in [0.717, 1.165) is 0 Å². The third-order valence-corrected chi connectivity index (χ3v) is 3.07. The summed E-state index contributed by atoms with van der Waals surface area (Å²) in [5, 5.41) is 24.9. The summed E-state index contributed by atoms with van der Waals surface area (Å²) in [7, 11) is 0. The van der Waals surface area contributed by atoms with Gasteiger partial charge in [0.1, 0.15) is 6.04 Å². The summed E-state index contributed by atoms with van der Waals surface area (Å²) >= 11 is 0. The molecule has 0 aromatic heterocycles. The molecule has 0 saturated heterocycles. The van der Waals surface area contributed by atoms with E-state index < -0.39 is 28.9 Å². The first-order chi connectivity index (χ1) is 10.3. The highest BCUT2D eigenvalue weighted by Gasteiger charge is 2.22. The highest BCUT2D eigenvalue weighted by atomic mass is 35.5. The number of hydrogen-bond donors (Lipinski definition) is 3. The number of nitro benzene ring substituents is 1. The summed E-state index contributed by atoms with van der Waals surface area (Å²) < 4.78 is 0. The molecule has 1 aromatic rings. The Morgan fingerprint density at radius 3 is 2.30 bits per heavy atom. The number of halogens is 1. The van der Waals surface area contributed by atoms with Crippen molar-refractivity contribution in [3.8, 4) is 0 Å². The molecule has 1 aromatic carbocycles. The summed E-state index contributed by atoms with van der Waals surface area (Å²) in [6.07, 6.45) is 1.10. The minimum absolute atomic E-state index is 0. The van der Waals surface area contributed by atoms with E-state index in [4.69, 9.17) is 5.11 Å². The van der Waals surface area contributed by atoms with Crippen LogP contribution in [0.3, 0.4) is 0 Å². The summed E-state index contributed by atoms with van der Waals surface area (Å²) in [5.41, 5.74) is 0.338. The van der Waals surface area contributed by atoms with Gasteiger partial charge in [0.2, 0.25) is 5.91 Å². The van der Waals surface area contributed by atoms with Gasteiger partial charge in [0, 0.05) is 17.8 Å². The number of nitrogens with one attached hydrogen (secondary N) is 2. The van der Waals surface area contributed by atoms with Gasteiger partial charge in [-0.05, 0) is 25.5 Å². The van der Waals surface area contributed by atoms with Gasteiger partial charge < -0.3 is 10.4 Å². The number of benzene rings is 1. The van der Waals surface area contributed by atoms with Crippen LogP contribution in [0.25, 0.3) is 0 Å². The number of non-ortho nitro benzene ring substituents is 1. The molecule has 0 saturated carbocycles. The third kappa shape index (κ3) is 6.62. The first-order valence-electron chi connectivity index (χ1n) is 6.89. The normalized spacial score (nSPS) is 12.6. The number of carboxylic acids is 1. The van der Waals surface area contributed by atoms with Crippen molar-refractivity contribution in [1.29, 1.82) is 0 Å². The molecule has 0 aliphatic heterocycles. The maximum absolute atomic E-state index is 12.0. The zero-order chi connectivity index (χ0) is 16.7. The van der Waals surface area contributed by atoms with Crippen LogP contribution in [0.1, 0.15) is 26.7 Å². The quantitative estimate of drug-likeness (QED) is 0.490. The van der Waals surface area contributed by atoms with E-state index in [1.165, 1.54) is 24.3 Å². The average Bonchev–Trinajstić information content (AvgIpc) is 2.47. The van der Waals surface area contributed by atoms with Crippen molar-refractivity contribution in [2.75, 3.05) is 5.32 Å². The van der Waals surface area contributed by atoms with Crippen LogP contribution in [0, 0.1) is 10.1 Å². The predicted octanol–water partition coefficient (Wildman–Crippen LogP) is 2.19. The molecule has 23 heavy (non-hydrogen) atoms. The molecule has 2 unspecified atom stereocenters. The highest BCUT2D eigenvalue weighted by Crippen LogP contribution is 2.15. The second-order valence-electron chi connectivity index (χ2n) is 4.86. The molecule has 8 nitrogen and oxygen atoms in total. The monoisotopic (exact) mass is 345 g/mol. The highest BCUT2D eigenvalue weighted by molar-refractivity contribution is 5.95. The average molecular weight is 346 g/mol. The summed E-state index contributed by atoms with van der Waals surface area (Å²) in [5.74, 6) is -1.41. The summed E-state index contributed by atoms with van der Waals surface area (Å²) in [6.45, 7) is 3.42. The number of nitro groups is 1. The molecule has 0 aliphatic carbocycles. The number of carboxylic acid groups (broad SMARTS) is 1. The molecule has 0 bridgehead atoms. The van der Waals surface area contributed by atoms with E-state index in [9.17, 15) is 19.7 Å². The molecule has 3 N–H and O–H groups in total. The van der Waals surface area contributed by atoms with Gasteiger partial charge in [-0.15, -0.1) is 12.4 Å². The molecule has 0 heterocycles. The number of nitrogens with zero attached hydrogens (tertiary/aromatic N) is 1. The molecule has 9 heteroatoms. The van der Waals surface area contributed by atoms with Crippen LogP contribution in [0.5, 0.6) is 0 Å². The van der Waals surface area contributed by atoms with Gasteiger partial charge >= 0.3 is 5.97 Å². The third-order valence-electron chi connectivity index (χ3n) is 3.07. The molecule has 0 spiro atoms. The van der Waals surface area contributed by atoms with Crippen LogP contribution in [-0.2, 0) is 9.59 Å². The van der Waals surface area contributed by atoms with Gasteiger partial charge in [-0.25, -0.2) is 0 Å². The number of aliphatic carboxylic acids is 1. The Morgan fingerprint density at radius 1 is 1.30 bits per heavy atom. The lowest BCUT2D eigenvalue weighted by atomic mass is 10.1. The largest absolute Gasteiger partial charge is 0.480 e. The Balaban J connectivity index is 0.00000484. The molecule has 2 atom stereocenters. The number of carbonyl (C=O) groups excluding carboxylic acids is 1. The van der Waals surface area contributed by atoms with Gasteiger partial charge in [-0.3, -0.25) is 25.0 Å². The van der Waals surface area contributed by atoms with Crippen LogP contribution in [-0.4, -0.2) is 34.0 Å². The van der Waals surface area contributed by atoms with Crippen molar-refractivity contribution < 1.29 is 19.6 Å². The first kappa shape index (κ1) is 20.8. The van der Waals surface area contributed by atoms with Crippen molar-refractivity contribution in [3.63, 3.8) is 0 Å². The van der Waals surface area contributed by atoms with Crippen molar-refractivity contribution in [2.24, 2.45) is 0 Å². The van der Waals surface area contributed by atoms with E-state index >= 15 is 0 Å². The molecule has 1 rings (SSSR count). The van der Waals surface area contributed by atoms with E-state index in [1.807, 2.05) is 6.92 Å². The zero-order valence-electron chi connectivity index (χ0n) is 12.8. The number of amides is 1. The molecule has 128 valence electrons. The fraction of sp³-hybridized carbons (Fsp3) is 0.429. The van der Waals surface area contributed by atoms with Crippen LogP contribution in [0.4, 0.5) is 11.4 Å². The lowest BCUT2D eigenvalue weighted by molar-refractivity contribution is -0.384. The number of hydrogen-bond acceptors (Lipinski definition) is 5. The molecule has 1 amide bonds. The van der Waals surface area contributed by atoms with Crippen molar-refractivity contribution >= 4 is 35.7 Å². The van der Waals surface area contributed by atoms with Gasteiger partial charge in [0.15, 0.2) is 0 Å². The van der Waals surface area contributed by atoms with Crippen LogP contribution < -0.4 is 10.6 Å². The van der Waals surface area contributed by atoms with Crippen molar-refractivity contribution in [2.45, 2.75) is 38.8 Å². The number of anilines is 1. The smallest absolute Gasteiger partial charge is 0.320 e. The maximum atomic E-state index is 12.0. The minimum Gasteiger partial charge on any atom is -0.480 e. The SMILES string of the molecule is CCCC(NC(C)C(=O)Nc1ccc([N+](=O)[O-])cc1)C(=O)O.Cl. The minimum atomic E-state index is -1.00. The predicted molar refractivity (Wildman–Crippen MR) is 87.9 cm³/mol. The second-order valence-corrected chi connectivity index (χ2v) is 4.86. The number of carbonyl (C=O) groups is 2. The second kappa shape index (κ2) is 9.75. The fourth-order valence-electron chi connectivity index (χ4n) is 1.86. The fourth-order valence-corrected chi connectivity index (χ4v) is 1.86. The number of rotatable bonds is 8. The Labute approximate surface area is 139 Å². The van der Waals surface area contributed by atoms with Crippen LogP contribution >= 0.6 is 12.4 Å². The van der Waals surface area contributed by atoms with E-state index in [-0.39, 0.29) is 18.1 Å². The Kier molecular flexibility index (Phi) is 8.82. The van der Waals surface area contributed by atoms with E-state index in [0.29, 0.717) is 18.5 Å². The standard InChI is InChI=1S/C14H19N3O5.ClH/c1-3-4-12(14(19)20)15-9(2)13(18)16-10-5-7-11(8-6-10)17(21)22;/h5-9,12,15H,3-4H2,1-2H3,(H,16,18)(H,19,20);1H. The molecule has 0 radical (unpaired) electrons. The van der Waals surface area contributed by atoms with Gasteiger partial charge in [-0.1, -0.05) is 13.3 Å². The lowest BCUT2D eigenvalue weighted by Gasteiger charge is -2.19. The van der Waals surface area contributed by atoms with E-state index in [2.05, 4.69) is 10.6 Å². The summed E-state index contributed by atoms with van der Waals surface area (Å²) in [6, 6.07) is 3.91. The van der Waals surface area contributed by atoms with Gasteiger partial charge in [0.25, 0.3) is 5.69 Å². The van der Waals surface area contributed by atoms with E-state index in [1.54, 1.807) is 6.92 Å². The van der Waals surface area contributed by atoms with Crippen molar-refractivity contribution in [1.82, 2.24) is 5.32 Å². The Bertz CT molecular complexity index is 550. The molecular formula is C14H20ClN3O5. The van der Waals surface area contributed by atoms with Crippen LogP contribution in [0.2, 0.25) is 0 Å². The Morgan fingerprint density at radius 2 is 1.87 bits per heavy atom. The van der Waals surface area contributed by atoms with Gasteiger partial charge in [-0.2, -0.15) is 0 Å². The maximum Gasteiger partial charge on any atom is 0.320 e. The molecule has 0 aliphatic rings.